The average molecular weight is 307 g/mol. The van der Waals surface area contributed by atoms with Gasteiger partial charge in [-0.3, -0.25) is 9.59 Å². The van der Waals surface area contributed by atoms with E-state index in [4.69, 9.17) is 11.5 Å². The Hall–Kier alpha value is -1.10. The predicted octanol–water partition coefficient (Wildman–Crippen LogP) is 1.44. The zero-order valence-electron chi connectivity index (χ0n) is 13.4. The lowest BCUT2D eigenvalue weighted by atomic mass is 9.64. The van der Waals surface area contributed by atoms with Crippen LogP contribution in [0.15, 0.2) is 0 Å². The van der Waals surface area contributed by atoms with Gasteiger partial charge >= 0.3 is 0 Å². The van der Waals surface area contributed by atoms with Crippen molar-refractivity contribution in [1.82, 2.24) is 5.32 Å². The van der Waals surface area contributed by atoms with Gasteiger partial charge in [0.1, 0.15) is 5.54 Å². The second-order valence-electron chi connectivity index (χ2n) is 7.69. The first-order valence-corrected chi connectivity index (χ1v) is 8.89. The van der Waals surface area contributed by atoms with Crippen molar-refractivity contribution in [2.75, 3.05) is 0 Å². The van der Waals surface area contributed by atoms with Crippen molar-refractivity contribution < 1.29 is 9.59 Å². The molecule has 3 aliphatic carbocycles. The molecule has 124 valence electrons. The van der Waals surface area contributed by atoms with E-state index < -0.39 is 5.54 Å². The van der Waals surface area contributed by atoms with E-state index in [0.717, 1.165) is 44.9 Å². The Bertz CT molecular complexity index is 431. The van der Waals surface area contributed by atoms with Crippen LogP contribution in [0.2, 0.25) is 0 Å². The van der Waals surface area contributed by atoms with Crippen molar-refractivity contribution in [2.24, 2.45) is 29.2 Å². The predicted molar refractivity (Wildman–Crippen MR) is 84.7 cm³/mol. The quantitative estimate of drug-likeness (QED) is 0.736. The number of hydrogen-bond acceptors (Lipinski definition) is 3. The van der Waals surface area contributed by atoms with E-state index in [1.807, 2.05) is 0 Å². The van der Waals surface area contributed by atoms with Crippen LogP contribution in [0.1, 0.15) is 64.2 Å². The van der Waals surface area contributed by atoms with Crippen LogP contribution in [0.25, 0.3) is 0 Å². The number of primary amides is 1. The molecule has 3 aliphatic rings. The first-order valence-electron chi connectivity index (χ1n) is 8.89. The molecule has 0 spiro atoms. The molecule has 5 heteroatoms. The number of hydrogen-bond donors (Lipinski definition) is 3. The van der Waals surface area contributed by atoms with Gasteiger partial charge in [-0.15, -0.1) is 0 Å². The van der Waals surface area contributed by atoms with E-state index in [-0.39, 0.29) is 23.8 Å². The van der Waals surface area contributed by atoms with Crippen LogP contribution < -0.4 is 16.8 Å². The minimum absolute atomic E-state index is 0.00764. The summed E-state index contributed by atoms with van der Waals surface area (Å²) in [6, 6.07) is 0.262. The van der Waals surface area contributed by atoms with Crippen LogP contribution in [0.5, 0.6) is 0 Å². The number of amides is 2. The topological polar surface area (TPSA) is 98.2 Å². The molecule has 0 heterocycles. The van der Waals surface area contributed by atoms with E-state index in [1.165, 1.54) is 6.42 Å². The molecule has 22 heavy (non-hydrogen) atoms. The maximum absolute atomic E-state index is 12.8. The van der Waals surface area contributed by atoms with E-state index >= 15 is 0 Å². The number of carbonyl (C=O) groups excluding carboxylic acids is 2. The molecule has 2 bridgehead atoms. The third kappa shape index (κ3) is 2.87. The summed E-state index contributed by atoms with van der Waals surface area (Å²) in [5, 5.41) is 3.05. The van der Waals surface area contributed by atoms with Crippen molar-refractivity contribution in [2.45, 2.75) is 75.8 Å². The van der Waals surface area contributed by atoms with Gasteiger partial charge in [-0.1, -0.05) is 25.7 Å². The first-order chi connectivity index (χ1) is 10.5. The van der Waals surface area contributed by atoms with Crippen LogP contribution >= 0.6 is 0 Å². The summed E-state index contributed by atoms with van der Waals surface area (Å²) >= 11 is 0. The summed E-state index contributed by atoms with van der Waals surface area (Å²) in [5.41, 5.74) is 11.1. The van der Waals surface area contributed by atoms with Gasteiger partial charge in [-0.2, -0.15) is 0 Å². The second-order valence-corrected chi connectivity index (χ2v) is 7.69. The van der Waals surface area contributed by atoms with Gasteiger partial charge in [0, 0.05) is 12.0 Å². The molecular formula is C17H29N3O2. The molecule has 2 amide bonds. The lowest BCUT2D eigenvalue weighted by molar-refractivity contribution is -0.136. The highest BCUT2D eigenvalue weighted by atomic mass is 16.2. The van der Waals surface area contributed by atoms with Crippen LogP contribution in [0, 0.1) is 17.8 Å². The molecule has 0 aromatic carbocycles. The smallest absolute Gasteiger partial charge is 0.243 e. The zero-order chi connectivity index (χ0) is 15.7. The molecule has 0 radical (unpaired) electrons. The first kappa shape index (κ1) is 15.8. The largest absolute Gasteiger partial charge is 0.368 e. The summed E-state index contributed by atoms with van der Waals surface area (Å²) in [5.74, 6) is 0.615. The number of fused-ring (bicyclic) bond motifs is 2. The van der Waals surface area contributed by atoms with Gasteiger partial charge in [-0.25, -0.2) is 0 Å². The molecule has 3 fully saturated rings. The van der Waals surface area contributed by atoms with Crippen molar-refractivity contribution in [3.8, 4) is 0 Å². The highest BCUT2D eigenvalue weighted by Gasteiger charge is 2.44. The van der Waals surface area contributed by atoms with Crippen LogP contribution in [-0.2, 0) is 9.59 Å². The Kier molecular flexibility index (Phi) is 4.44. The third-order valence-electron chi connectivity index (χ3n) is 6.33. The Morgan fingerprint density at radius 2 is 1.55 bits per heavy atom. The molecule has 2 unspecified atom stereocenters. The molecule has 3 rings (SSSR count). The normalized spacial score (nSPS) is 37.3. The molecular weight excluding hydrogens is 278 g/mol. The maximum atomic E-state index is 12.8. The lowest BCUT2D eigenvalue weighted by Crippen LogP contribution is -2.60. The molecule has 5 N–H and O–H groups in total. The van der Waals surface area contributed by atoms with Gasteiger partial charge in [0.2, 0.25) is 11.8 Å². The number of carbonyl (C=O) groups is 2. The Balaban J connectivity index is 1.67. The van der Waals surface area contributed by atoms with Gasteiger partial charge in [0.15, 0.2) is 0 Å². The SMILES string of the molecule is NC(=O)C1(NC(=O)C2CC3CCCC(C2)C3N)CCCCC1. The second kappa shape index (κ2) is 6.19. The van der Waals surface area contributed by atoms with Gasteiger partial charge < -0.3 is 16.8 Å². The fourth-order valence-electron chi connectivity index (χ4n) is 4.93. The summed E-state index contributed by atoms with van der Waals surface area (Å²) in [6.07, 6.45) is 9.69. The van der Waals surface area contributed by atoms with Crippen LogP contribution in [0.4, 0.5) is 0 Å². The molecule has 2 atom stereocenters. The van der Waals surface area contributed by atoms with Crippen LogP contribution in [-0.4, -0.2) is 23.4 Å². The molecule has 0 saturated heterocycles. The molecule has 0 aromatic heterocycles. The summed E-state index contributed by atoms with van der Waals surface area (Å²) in [6.45, 7) is 0. The monoisotopic (exact) mass is 307 g/mol. The summed E-state index contributed by atoms with van der Waals surface area (Å²) < 4.78 is 0. The lowest BCUT2D eigenvalue weighted by Gasteiger charge is -2.44. The fourth-order valence-corrected chi connectivity index (χ4v) is 4.93. The molecule has 0 aliphatic heterocycles. The maximum Gasteiger partial charge on any atom is 0.243 e. The standard InChI is InChI=1S/C17H29N3O2/c18-14-11-5-4-6-12(14)10-13(9-11)15(21)20-17(16(19)22)7-2-1-3-8-17/h11-14H,1-10,18H2,(H2,19,22)(H,20,21). The minimum atomic E-state index is -0.802. The highest BCUT2D eigenvalue weighted by Crippen LogP contribution is 2.42. The number of rotatable bonds is 3. The van der Waals surface area contributed by atoms with Crippen molar-refractivity contribution in [1.29, 1.82) is 0 Å². The van der Waals surface area contributed by atoms with E-state index in [1.54, 1.807) is 0 Å². The van der Waals surface area contributed by atoms with Crippen molar-refractivity contribution >= 4 is 11.8 Å². The van der Waals surface area contributed by atoms with Gasteiger partial charge in [-0.05, 0) is 50.4 Å². The molecule has 3 saturated carbocycles. The van der Waals surface area contributed by atoms with E-state index in [9.17, 15) is 9.59 Å². The Morgan fingerprint density at radius 3 is 2.09 bits per heavy atom. The average Bonchev–Trinajstić information content (AvgIpc) is 2.47. The van der Waals surface area contributed by atoms with Gasteiger partial charge in [0.05, 0.1) is 0 Å². The number of nitrogens with one attached hydrogen (secondary N) is 1. The summed E-state index contributed by atoms with van der Waals surface area (Å²) in [7, 11) is 0. The minimum Gasteiger partial charge on any atom is -0.368 e. The Morgan fingerprint density at radius 1 is 0.955 bits per heavy atom. The molecule has 5 nitrogen and oxygen atoms in total. The third-order valence-corrected chi connectivity index (χ3v) is 6.33. The van der Waals surface area contributed by atoms with Gasteiger partial charge in [0.25, 0.3) is 0 Å². The van der Waals surface area contributed by atoms with Crippen molar-refractivity contribution in [3.63, 3.8) is 0 Å². The molecule has 0 aromatic rings. The fraction of sp³-hybridized carbons (Fsp3) is 0.882. The summed E-state index contributed by atoms with van der Waals surface area (Å²) in [4.78, 5) is 24.7. The number of nitrogens with two attached hydrogens (primary N) is 2. The zero-order valence-corrected chi connectivity index (χ0v) is 13.4. The van der Waals surface area contributed by atoms with Crippen molar-refractivity contribution in [3.05, 3.63) is 0 Å². The van der Waals surface area contributed by atoms with E-state index in [2.05, 4.69) is 5.32 Å². The highest BCUT2D eigenvalue weighted by molar-refractivity contribution is 5.91. The van der Waals surface area contributed by atoms with Crippen LogP contribution in [0.3, 0.4) is 0 Å². The van der Waals surface area contributed by atoms with E-state index in [0.29, 0.717) is 24.7 Å². The Labute approximate surface area is 132 Å².